The van der Waals surface area contributed by atoms with Gasteiger partial charge in [0.1, 0.15) is 12.4 Å². The van der Waals surface area contributed by atoms with Gasteiger partial charge >= 0.3 is 0 Å². The Morgan fingerprint density at radius 3 is 2.59 bits per heavy atom. The number of aromatic nitrogens is 3. The first-order valence-corrected chi connectivity index (χ1v) is 11.8. The van der Waals surface area contributed by atoms with E-state index in [-0.39, 0.29) is 11.7 Å². The Balaban J connectivity index is 1.30. The minimum atomic E-state index is -0.245. The van der Waals surface area contributed by atoms with Crippen molar-refractivity contribution in [2.24, 2.45) is 12.1 Å². The summed E-state index contributed by atoms with van der Waals surface area (Å²) in [6.07, 6.45) is 1.57. The Kier molecular flexibility index (Phi) is 7.95. The van der Waals surface area contributed by atoms with Crippen LogP contribution in [0.15, 0.2) is 89.1 Å². The molecule has 172 valence electrons. The number of rotatable bonds is 9. The Hall–Kier alpha value is -3.62. The number of ether oxygens (including phenoxy) is 1. The van der Waals surface area contributed by atoms with Crippen LogP contribution in [0.25, 0.3) is 11.4 Å². The molecule has 0 aliphatic rings. The third-order valence-electron chi connectivity index (χ3n) is 4.82. The van der Waals surface area contributed by atoms with Crippen molar-refractivity contribution in [2.45, 2.75) is 11.8 Å². The average molecular weight is 492 g/mol. The van der Waals surface area contributed by atoms with Crippen LogP contribution in [-0.4, -0.2) is 32.6 Å². The largest absolute Gasteiger partial charge is 0.488 e. The zero-order valence-electron chi connectivity index (χ0n) is 18.4. The number of carbonyl (C=O) groups is 1. The second kappa shape index (κ2) is 11.5. The first kappa shape index (κ1) is 23.5. The molecule has 9 heteroatoms. The molecule has 4 aromatic rings. The fourth-order valence-corrected chi connectivity index (χ4v) is 3.91. The molecule has 0 radical (unpaired) electrons. The summed E-state index contributed by atoms with van der Waals surface area (Å²) in [4.78, 5) is 12.3. The summed E-state index contributed by atoms with van der Waals surface area (Å²) in [7, 11) is 1.88. The second-order valence-electron chi connectivity index (χ2n) is 7.27. The molecule has 0 fully saturated rings. The third-order valence-corrected chi connectivity index (χ3v) is 6.09. The van der Waals surface area contributed by atoms with Crippen LogP contribution in [0.5, 0.6) is 5.75 Å². The topological polar surface area (TPSA) is 81.4 Å². The number of para-hydroxylation sites is 1. The van der Waals surface area contributed by atoms with Crippen molar-refractivity contribution in [1.29, 1.82) is 0 Å². The highest BCUT2D eigenvalue weighted by Gasteiger charge is 2.12. The highest BCUT2D eigenvalue weighted by Crippen LogP contribution is 2.22. The summed E-state index contributed by atoms with van der Waals surface area (Å²) in [5.41, 5.74) is 5.27. The maximum atomic E-state index is 12.3. The van der Waals surface area contributed by atoms with Crippen LogP contribution >= 0.6 is 23.4 Å². The molecule has 3 aromatic carbocycles. The zero-order valence-corrected chi connectivity index (χ0v) is 20.0. The number of hydrogen-bond donors (Lipinski definition) is 1. The van der Waals surface area contributed by atoms with Gasteiger partial charge in [-0.15, -0.1) is 10.2 Å². The van der Waals surface area contributed by atoms with Gasteiger partial charge < -0.3 is 9.30 Å². The standard InChI is InChI=1S/C25H22ClN5O2S/c1-31-24(19-7-3-2-4-8-19)29-30-25(31)34-17-23(32)28-27-15-20-9-5-6-10-22(20)33-16-18-11-13-21(26)14-12-18/h2-15H,16-17H2,1H3,(H,28,32)/b27-15-. The Morgan fingerprint density at radius 2 is 1.79 bits per heavy atom. The lowest BCUT2D eigenvalue weighted by molar-refractivity contribution is -0.118. The summed E-state index contributed by atoms with van der Waals surface area (Å²) in [5, 5.41) is 13.8. The summed E-state index contributed by atoms with van der Waals surface area (Å²) in [5.74, 6) is 1.33. The maximum Gasteiger partial charge on any atom is 0.250 e. The molecule has 0 saturated carbocycles. The van der Waals surface area contributed by atoms with Crippen LogP contribution in [0.3, 0.4) is 0 Å². The monoisotopic (exact) mass is 491 g/mol. The number of benzene rings is 3. The Bertz CT molecular complexity index is 1280. The highest BCUT2D eigenvalue weighted by molar-refractivity contribution is 7.99. The van der Waals surface area contributed by atoms with Gasteiger partial charge in [0.2, 0.25) is 0 Å². The van der Waals surface area contributed by atoms with E-state index in [1.165, 1.54) is 11.8 Å². The smallest absolute Gasteiger partial charge is 0.250 e. The quantitative estimate of drug-likeness (QED) is 0.203. The normalized spacial score (nSPS) is 11.0. The van der Waals surface area contributed by atoms with Crippen LogP contribution in [0.2, 0.25) is 5.02 Å². The van der Waals surface area contributed by atoms with Crippen LogP contribution < -0.4 is 10.2 Å². The van der Waals surface area contributed by atoms with Gasteiger partial charge in [-0.1, -0.05) is 78.0 Å². The van der Waals surface area contributed by atoms with Crippen molar-refractivity contribution in [3.05, 3.63) is 95.0 Å². The van der Waals surface area contributed by atoms with E-state index < -0.39 is 0 Å². The number of hydrazone groups is 1. The van der Waals surface area contributed by atoms with Crippen molar-refractivity contribution in [1.82, 2.24) is 20.2 Å². The van der Waals surface area contributed by atoms with E-state index in [1.807, 2.05) is 90.5 Å². The van der Waals surface area contributed by atoms with Crippen molar-refractivity contribution >= 4 is 35.5 Å². The fraction of sp³-hybridized carbons (Fsp3) is 0.120. The lowest BCUT2D eigenvalue weighted by atomic mass is 10.2. The highest BCUT2D eigenvalue weighted by atomic mass is 35.5. The van der Waals surface area contributed by atoms with E-state index in [9.17, 15) is 4.79 Å². The first-order valence-electron chi connectivity index (χ1n) is 10.5. The lowest BCUT2D eigenvalue weighted by Crippen LogP contribution is -2.20. The Morgan fingerprint density at radius 1 is 1.06 bits per heavy atom. The molecule has 4 rings (SSSR count). The van der Waals surface area contributed by atoms with E-state index in [2.05, 4.69) is 20.7 Å². The molecule has 0 bridgehead atoms. The van der Waals surface area contributed by atoms with Crippen LogP contribution in [0, 0.1) is 0 Å². The van der Waals surface area contributed by atoms with Crippen molar-refractivity contribution < 1.29 is 9.53 Å². The van der Waals surface area contributed by atoms with Gasteiger partial charge in [-0.3, -0.25) is 4.79 Å². The molecule has 0 saturated heterocycles. The molecule has 1 aromatic heterocycles. The van der Waals surface area contributed by atoms with Crippen LogP contribution in [0.1, 0.15) is 11.1 Å². The molecule has 0 aliphatic heterocycles. The van der Waals surface area contributed by atoms with Gasteiger partial charge in [0.15, 0.2) is 11.0 Å². The maximum absolute atomic E-state index is 12.3. The fourth-order valence-electron chi connectivity index (χ4n) is 3.08. The number of hydrogen-bond acceptors (Lipinski definition) is 6. The van der Waals surface area contributed by atoms with Gasteiger partial charge in [-0.25, -0.2) is 5.43 Å². The minimum absolute atomic E-state index is 0.160. The molecule has 1 heterocycles. The summed E-state index contributed by atoms with van der Waals surface area (Å²) < 4.78 is 7.77. The molecular formula is C25H22ClN5O2S. The molecule has 7 nitrogen and oxygen atoms in total. The predicted octanol–water partition coefficient (Wildman–Crippen LogP) is 4.96. The van der Waals surface area contributed by atoms with Gasteiger partial charge in [0.05, 0.1) is 12.0 Å². The Labute approximate surface area is 206 Å². The molecule has 0 unspecified atom stereocenters. The average Bonchev–Trinajstić information content (AvgIpc) is 3.24. The summed E-state index contributed by atoms with van der Waals surface area (Å²) in [6, 6.07) is 24.7. The zero-order chi connectivity index (χ0) is 23.8. The summed E-state index contributed by atoms with van der Waals surface area (Å²) in [6.45, 7) is 0.397. The van der Waals surface area contributed by atoms with E-state index in [1.54, 1.807) is 6.21 Å². The number of carbonyl (C=O) groups excluding carboxylic acids is 1. The number of halogens is 1. The SMILES string of the molecule is Cn1c(SCC(=O)N/N=C\c2ccccc2OCc2ccc(Cl)cc2)nnc1-c1ccccc1. The first-order chi connectivity index (χ1) is 16.6. The van der Waals surface area contributed by atoms with E-state index in [0.29, 0.717) is 22.5 Å². The molecule has 1 amide bonds. The molecule has 0 spiro atoms. The number of nitrogens with one attached hydrogen (secondary N) is 1. The number of thioether (sulfide) groups is 1. The predicted molar refractivity (Wildman–Crippen MR) is 135 cm³/mol. The molecule has 0 atom stereocenters. The van der Waals surface area contributed by atoms with E-state index in [4.69, 9.17) is 16.3 Å². The van der Waals surface area contributed by atoms with E-state index in [0.717, 1.165) is 22.5 Å². The van der Waals surface area contributed by atoms with Gasteiger partial charge in [-0.05, 0) is 29.8 Å². The van der Waals surface area contributed by atoms with Gasteiger partial charge in [0, 0.05) is 23.2 Å². The van der Waals surface area contributed by atoms with Crippen LogP contribution in [0.4, 0.5) is 0 Å². The molecular weight excluding hydrogens is 470 g/mol. The van der Waals surface area contributed by atoms with E-state index >= 15 is 0 Å². The third kappa shape index (κ3) is 6.24. The number of nitrogens with zero attached hydrogens (tertiary/aromatic N) is 4. The summed E-state index contributed by atoms with van der Waals surface area (Å²) >= 11 is 7.22. The lowest BCUT2D eigenvalue weighted by Gasteiger charge is -2.09. The number of amides is 1. The second-order valence-corrected chi connectivity index (χ2v) is 8.64. The minimum Gasteiger partial charge on any atom is -0.488 e. The van der Waals surface area contributed by atoms with Gasteiger partial charge in [0.25, 0.3) is 5.91 Å². The van der Waals surface area contributed by atoms with Gasteiger partial charge in [-0.2, -0.15) is 5.10 Å². The molecule has 1 N–H and O–H groups in total. The van der Waals surface area contributed by atoms with Crippen molar-refractivity contribution in [2.75, 3.05) is 5.75 Å². The molecule has 34 heavy (non-hydrogen) atoms. The van der Waals surface area contributed by atoms with Crippen molar-refractivity contribution in [3.63, 3.8) is 0 Å². The van der Waals surface area contributed by atoms with Crippen molar-refractivity contribution in [3.8, 4) is 17.1 Å². The molecule has 0 aliphatic carbocycles. The van der Waals surface area contributed by atoms with Crippen LogP contribution in [-0.2, 0) is 18.4 Å².